The maximum absolute atomic E-state index is 2.45. The fourth-order valence-corrected chi connectivity index (χ4v) is 7.90. The molecule has 2 nitrogen and oxygen atoms in total. The first-order valence-corrected chi connectivity index (χ1v) is 17.2. The molecule has 10 rings (SSSR count). The van der Waals surface area contributed by atoms with Crippen molar-refractivity contribution >= 4 is 43.6 Å². The third-order valence-corrected chi connectivity index (χ3v) is 10.1. The Kier molecular flexibility index (Phi) is 6.53. The van der Waals surface area contributed by atoms with Crippen molar-refractivity contribution in [2.45, 2.75) is 0 Å². The molecule has 0 aliphatic rings. The maximum atomic E-state index is 2.45. The van der Waals surface area contributed by atoms with Crippen molar-refractivity contribution in [1.82, 2.24) is 9.13 Å². The largest absolute Gasteiger partial charge is 0.309 e. The Hall–Kier alpha value is -6.64. The molecule has 2 heteroatoms. The number of nitrogens with zero attached hydrogens (tertiary/aromatic N) is 2. The summed E-state index contributed by atoms with van der Waals surface area (Å²) in [6.07, 6.45) is 0. The lowest BCUT2D eigenvalue weighted by atomic mass is 9.98. The smallest absolute Gasteiger partial charge is 0.0547 e. The Morgan fingerprint density at radius 1 is 0.280 bits per heavy atom. The van der Waals surface area contributed by atoms with Crippen molar-refractivity contribution in [3.63, 3.8) is 0 Å². The minimum absolute atomic E-state index is 1.15. The Labute approximate surface area is 290 Å². The molecule has 0 bridgehead atoms. The average Bonchev–Trinajstić information content (AvgIpc) is 3.71. The molecule has 0 atom stereocenters. The van der Waals surface area contributed by atoms with Crippen LogP contribution in [0.5, 0.6) is 0 Å². The zero-order valence-electron chi connectivity index (χ0n) is 27.4. The van der Waals surface area contributed by atoms with Crippen LogP contribution in [0.3, 0.4) is 0 Å². The average molecular weight is 637 g/mol. The van der Waals surface area contributed by atoms with Gasteiger partial charge in [0.2, 0.25) is 0 Å². The predicted octanol–water partition coefficient (Wildman–Crippen LogP) is 12.9. The topological polar surface area (TPSA) is 9.86 Å². The van der Waals surface area contributed by atoms with Gasteiger partial charge in [-0.2, -0.15) is 0 Å². The zero-order valence-corrected chi connectivity index (χ0v) is 27.4. The van der Waals surface area contributed by atoms with Gasteiger partial charge in [-0.15, -0.1) is 0 Å². The van der Waals surface area contributed by atoms with Crippen molar-refractivity contribution in [3.05, 3.63) is 194 Å². The summed E-state index contributed by atoms with van der Waals surface area (Å²) in [5.41, 5.74) is 14.4. The van der Waals surface area contributed by atoms with Crippen LogP contribution in [0.2, 0.25) is 0 Å². The first-order valence-electron chi connectivity index (χ1n) is 17.2. The van der Waals surface area contributed by atoms with Gasteiger partial charge in [-0.3, -0.25) is 0 Å². The van der Waals surface area contributed by atoms with Crippen LogP contribution in [0, 0.1) is 0 Å². The molecule has 0 aliphatic heterocycles. The van der Waals surface area contributed by atoms with Crippen LogP contribution in [0.1, 0.15) is 0 Å². The van der Waals surface area contributed by atoms with E-state index in [9.17, 15) is 0 Å². The van der Waals surface area contributed by atoms with Crippen LogP contribution >= 0.6 is 0 Å². The lowest BCUT2D eigenvalue weighted by Gasteiger charge is -2.14. The van der Waals surface area contributed by atoms with Gasteiger partial charge in [0, 0.05) is 32.8 Å². The standard InChI is InChI=1S/C48H32N2/c1-3-14-33(15-4-1)34-26-29-37(30-27-34)49-45-24-12-9-20-42(45)48-39(21-13-25-46(48)49)36-28-31-41-40-19-8-11-23-44(40)50(47(41)32-36)43-22-10-7-18-38(43)35-16-5-2-6-17-35/h1-32H. The molecule has 8 aromatic carbocycles. The van der Waals surface area contributed by atoms with E-state index >= 15 is 0 Å². The first kappa shape index (κ1) is 28.4. The van der Waals surface area contributed by atoms with Gasteiger partial charge in [0.25, 0.3) is 0 Å². The normalized spacial score (nSPS) is 11.6. The first-order chi connectivity index (χ1) is 24.8. The second-order valence-corrected chi connectivity index (χ2v) is 12.9. The zero-order chi connectivity index (χ0) is 33.0. The van der Waals surface area contributed by atoms with Crippen LogP contribution < -0.4 is 0 Å². The molecule has 0 aliphatic carbocycles. The van der Waals surface area contributed by atoms with E-state index in [1.165, 1.54) is 82.7 Å². The number of hydrogen-bond donors (Lipinski definition) is 0. The number of para-hydroxylation sites is 3. The number of aromatic nitrogens is 2. The molecule has 0 N–H and O–H groups in total. The predicted molar refractivity (Wildman–Crippen MR) is 211 cm³/mol. The summed E-state index contributed by atoms with van der Waals surface area (Å²) < 4.78 is 4.86. The summed E-state index contributed by atoms with van der Waals surface area (Å²) in [6.45, 7) is 0. The van der Waals surface area contributed by atoms with E-state index in [1.807, 2.05) is 0 Å². The van der Waals surface area contributed by atoms with E-state index in [0.717, 1.165) is 5.69 Å². The van der Waals surface area contributed by atoms with Crippen LogP contribution in [0.4, 0.5) is 0 Å². The highest BCUT2D eigenvalue weighted by molar-refractivity contribution is 6.17. The van der Waals surface area contributed by atoms with Crippen molar-refractivity contribution in [1.29, 1.82) is 0 Å². The summed E-state index contributed by atoms with van der Waals surface area (Å²) in [6, 6.07) is 70.4. The third kappa shape index (κ3) is 4.43. The number of benzene rings is 8. The van der Waals surface area contributed by atoms with Crippen LogP contribution in [-0.4, -0.2) is 9.13 Å². The molecule has 10 aromatic rings. The fraction of sp³-hybridized carbons (Fsp3) is 0. The molecule has 0 spiro atoms. The second-order valence-electron chi connectivity index (χ2n) is 12.9. The molecule has 50 heavy (non-hydrogen) atoms. The second kappa shape index (κ2) is 11.5. The molecule has 0 saturated carbocycles. The molecule has 0 radical (unpaired) electrons. The number of rotatable bonds is 5. The Morgan fingerprint density at radius 2 is 0.820 bits per heavy atom. The lowest BCUT2D eigenvalue weighted by molar-refractivity contribution is 1.18. The van der Waals surface area contributed by atoms with E-state index < -0.39 is 0 Å². The van der Waals surface area contributed by atoms with Crippen LogP contribution in [-0.2, 0) is 0 Å². The summed E-state index contributed by atoms with van der Waals surface area (Å²) in [7, 11) is 0. The minimum Gasteiger partial charge on any atom is -0.309 e. The van der Waals surface area contributed by atoms with E-state index in [-0.39, 0.29) is 0 Å². The summed E-state index contributed by atoms with van der Waals surface area (Å²) in [4.78, 5) is 0. The summed E-state index contributed by atoms with van der Waals surface area (Å²) in [5.74, 6) is 0. The molecule has 0 unspecified atom stereocenters. The van der Waals surface area contributed by atoms with Crippen LogP contribution in [0.25, 0.3) is 88.4 Å². The number of hydrogen-bond acceptors (Lipinski definition) is 0. The molecule has 2 heterocycles. The van der Waals surface area contributed by atoms with Gasteiger partial charge in [-0.1, -0.05) is 152 Å². The molecular formula is C48H32N2. The monoisotopic (exact) mass is 636 g/mol. The highest BCUT2D eigenvalue weighted by atomic mass is 15.0. The van der Waals surface area contributed by atoms with Gasteiger partial charge in [-0.05, 0) is 70.3 Å². The maximum Gasteiger partial charge on any atom is 0.0547 e. The van der Waals surface area contributed by atoms with Gasteiger partial charge in [0.05, 0.1) is 27.8 Å². The molecular weight excluding hydrogens is 605 g/mol. The van der Waals surface area contributed by atoms with Crippen molar-refractivity contribution in [3.8, 4) is 44.8 Å². The van der Waals surface area contributed by atoms with E-state index in [1.54, 1.807) is 0 Å². The SMILES string of the molecule is c1ccc(-c2ccc(-n3c4ccccc4c4c(-c5ccc6c7ccccc7n(-c7ccccc7-c7ccccc7)c6c5)cccc43)cc2)cc1. The lowest BCUT2D eigenvalue weighted by Crippen LogP contribution is -1.97. The molecule has 0 saturated heterocycles. The van der Waals surface area contributed by atoms with Gasteiger partial charge in [0.15, 0.2) is 0 Å². The highest BCUT2D eigenvalue weighted by Crippen LogP contribution is 2.42. The van der Waals surface area contributed by atoms with Gasteiger partial charge < -0.3 is 9.13 Å². The van der Waals surface area contributed by atoms with E-state index in [0.29, 0.717) is 0 Å². The molecule has 234 valence electrons. The van der Waals surface area contributed by atoms with Gasteiger partial charge in [-0.25, -0.2) is 0 Å². The quantitative estimate of drug-likeness (QED) is 0.178. The molecule has 0 amide bonds. The highest BCUT2D eigenvalue weighted by Gasteiger charge is 2.19. The molecule has 0 fully saturated rings. The Morgan fingerprint density at radius 3 is 1.60 bits per heavy atom. The van der Waals surface area contributed by atoms with Crippen molar-refractivity contribution in [2.24, 2.45) is 0 Å². The van der Waals surface area contributed by atoms with E-state index in [4.69, 9.17) is 0 Å². The van der Waals surface area contributed by atoms with Gasteiger partial charge >= 0.3 is 0 Å². The summed E-state index contributed by atoms with van der Waals surface area (Å²) >= 11 is 0. The van der Waals surface area contributed by atoms with Gasteiger partial charge in [0.1, 0.15) is 0 Å². The summed E-state index contributed by atoms with van der Waals surface area (Å²) in [5, 5.41) is 5.02. The third-order valence-electron chi connectivity index (χ3n) is 10.1. The van der Waals surface area contributed by atoms with Crippen molar-refractivity contribution in [2.75, 3.05) is 0 Å². The minimum atomic E-state index is 1.15. The fourth-order valence-electron chi connectivity index (χ4n) is 7.90. The number of fused-ring (bicyclic) bond motifs is 6. The molecule has 2 aromatic heterocycles. The Bertz CT molecular complexity index is 2840. The van der Waals surface area contributed by atoms with Crippen LogP contribution in [0.15, 0.2) is 194 Å². The van der Waals surface area contributed by atoms with E-state index in [2.05, 4.69) is 203 Å². The van der Waals surface area contributed by atoms with Crippen molar-refractivity contribution < 1.29 is 0 Å². The Balaban J connectivity index is 1.20.